The van der Waals surface area contributed by atoms with Crippen LogP contribution >= 0.6 is 11.8 Å². The van der Waals surface area contributed by atoms with Crippen molar-refractivity contribution in [3.8, 4) is 0 Å². The average Bonchev–Trinajstić information content (AvgIpc) is 2.93. The Morgan fingerprint density at radius 3 is 2.54 bits per heavy atom. The summed E-state index contributed by atoms with van der Waals surface area (Å²) in [4.78, 5) is 15.4. The van der Waals surface area contributed by atoms with Gasteiger partial charge in [0.1, 0.15) is 0 Å². The molecule has 3 aromatic rings. The maximum absolute atomic E-state index is 13.8. The predicted molar refractivity (Wildman–Crippen MR) is 94.9 cm³/mol. The third-order valence-electron chi connectivity index (χ3n) is 4.04. The summed E-state index contributed by atoms with van der Waals surface area (Å²) < 4.78 is 19.4. The normalized spacial score (nSPS) is 11.0. The molecule has 5 heteroatoms. The van der Waals surface area contributed by atoms with Gasteiger partial charge in [0.25, 0.3) is 5.91 Å². The predicted octanol–water partition coefficient (Wildman–Crippen LogP) is 4.87. The maximum atomic E-state index is 13.8. The van der Waals surface area contributed by atoms with Crippen LogP contribution in [0.1, 0.15) is 21.7 Å². The Morgan fingerprint density at radius 2 is 1.92 bits per heavy atom. The van der Waals surface area contributed by atoms with Crippen molar-refractivity contribution < 1.29 is 13.6 Å². The van der Waals surface area contributed by atoms with Gasteiger partial charge in [-0.15, -0.1) is 11.8 Å². The van der Waals surface area contributed by atoms with E-state index in [9.17, 15) is 9.18 Å². The Bertz CT molecular complexity index is 886. The fraction of sp³-hybridized carbons (Fsp3) is 0.211. The van der Waals surface area contributed by atoms with E-state index in [1.165, 1.54) is 11.0 Å². The number of furan rings is 1. The Kier molecular flexibility index (Phi) is 4.62. The zero-order valence-electron chi connectivity index (χ0n) is 13.8. The van der Waals surface area contributed by atoms with Gasteiger partial charge < -0.3 is 9.32 Å². The minimum atomic E-state index is -0.454. The highest BCUT2D eigenvalue weighted by Gasteiger charge is 2.22. The standard InChI is InChI=1S/C19H18FNO2S/c1-12-15-5-4-6-16(20)18(15)23-17(12)19(22)21(2)11-13-7-9-14(24-3)10-8-13/h4-10H,11H2,1-3H3. The van der Waals surface area contributed by atoms with E-state index in [1.54, 1.807) is 42.8 Å². The number of halogens is 1. The van der Waals surface area contributed by atoms with Gasteiger partial charge in [0.05, 0.1) is 0 Å². The molecule has 0 aliphatic rings. The molecule has 0 atom stereocenters. The number of para-hydroxylation sites is 1. The van der Waals surface area contributed by atoms with E-state index < -0.39 is 5.82 Å². The molecular weight excluding hydrogens is 325 g/mol. The number of aryl methyl sites for hydroxylation is 1. The molecule has 0 N–H and O–H groups in total. The first-order valence-electron chi connectivity index (χ1n) is 7.57. The molecule has 0 radical (unpaired) electrons. The van der Waals surface area contributed by atoms with E-state index in [2.05, 4.69) is 0 Å². The molecule has 0 saturated carbocycles. The molecule has 1 heterocycles. The minimum Gasteiger partial charge on any atom is -0.448 e. The highest BCUT2D eigenvalue weighted by Crippen LogP contribution is 2.28. The summed E-state index contributed by atoms with van der Waals surface area (Å²) >= 11 is 1.67. The van der Waals surface area contributed by atoms with Gasteiger partial charge in [-0.25, -0.2) is 4.39 Å². The monoisotopic (exact) mass is 343 g/mol. The van der Waals surface area contributed by atoms with Gasteiger partial charge in [-0.2, -0.15) is 0 Å². The van der Waals surface area contributed by atoms with Crippen molar-refractivity contribution in [3.63, 3.8) is 0 Å². The van der Waals surface area contributed by atoms with Crippen LogP contribution in [0.4, 0.5) is 4.39 Å². The van der Waals surface area contributed by atoms with Gasteiger partial charge >= 0.3 is 0 Å². The molecule has 1 aromatic heterocycles. The number of benzene rings is 2. The van der Waals surface area contributed by atoms with Crippen LogP contribution in [0.3, 0.4) is 0 Å². The SMILES string of the molecule is CSc1ccc(CN(C)C(=O)c2oc3c(F)cccc3c2C)cc1. The van der Waals surface area contributed by atoms with Crippen LogP contribution in [0.2, 0.25) is 0 Å². The summed E-state index contributed by atoms with van der Waals surface area (Å²) in [6.07, 6.45) is 2.02. The molecule has 0 aliphatic heterocycles. The first-order chi connectivity index (χ1) is 11.5. The second-order valence-corrected chi connectivity index (χ2v) is 6.56. The van der Waals surface area contributed by atoms with E-state index in [-0.39, 0.29) is 17.3 Å². The first-order valence-corrected chi connectivity index (χ1v) is 8.79. The van der Waals surface area contributed by atoms with Crippen LogP contribution in [0.15, 0.2) is 51.8 Å². The van der Waals surface area contributed by atoms with Crippen LogP contribution < -0.4 is 0 Å². The zero-order valence-corrected chi connectivity index (χ0v) is 14.6. The van der Waals surface area contributed by atoms with E-state index in [1.807, 2.05) is 30.5 Å². The Balaban J connectivity index is 1.85. The number of hydrogen-bond donors (Lipinski definition) is 0. The van der Waals surface area contributed by atoms with Gasteiger partial charge in [-0.3, -0.25) is 4.79 Å². The lowest BCUT2D eigenvalue weighted by Gasteiger charge is -2.16. The highest BCUT2D eigenvalue weighted by molar-refractivity contribution is 7.98. The lowest BCUT2D eigenvalue weighted by Crippen LogP contribution is -2.26. The van der Waals surface area contributed by atoms with Crippen LogP contribution in [0.5, 0.6) is 0 Å². The molecule has 0 spiro atoms. The van der Waals surface area contributed by atoms with Crippen molar-refractivity contribution in [2.75, 3.05) is 13.3 Å². The molecule has 0 fully saturated rings. The topological polar surface area (TPSA) is 33.5 Å². The number of thioether (sulfide) groups is 1. The van der Waals surface area contributed by atoms with Gasteiger partial charge in [0, 0.05) is 29.4 Å². The molecule has 0 bridgehead atoms. The van der Waals surface area contributed by atoms with Crippen molar-refractivity contribution in [3.05, 3.63) is 65.2 Å². The maximum Gasteiger partial charge on any atom is 0.289 e. The molecule has 0 saturated heterocycles. The second kappa shape index (κ2) is 6.69. The molecule has 0 unspecified atom stereocenters. The molecule has 3 nitrogen and oxygen atoms in total. The smallest absolute Gasteiger partial charge is 0.289 e. The fourth-order valence-corrected chi connectivity index (χ4v) is 3.07. The lowest BCUT2D eigenvalue weighted by atomic mass is 10.1. The van der Waals surface area contributed by atoms with Crippen LogP contribution in [0.25, 0.3) is 11.0 Å². The molecule has 0 aliphatic carbocycles. The molecule has 24 heavy (non-hydrogen) atoms. The van der Waals surface area contributed by atoms with E-state index in [0.717, 1.165) is 5.56 Å². The van der Waals surface area contributed by atoms with Crippen molar-refractivity contribution in [2.45, 2.75) is 18.4 Å². The Labute approximate surface area is 144 Å². The van der Waals surface area contributed by atoms with Gasteiger partial charge in [0.2, 0.25) is 0 Å². The molecule has 124 valence electrons. The summed E-state index contributed by atoms with van der Waals surface area (Å²) in [5.74, 6) is -0.514. The molecule has 1 amide bonds. The van der Waals surface area contributed by atoms with Gasteiger partial charge in [0.15, 0.2) is 17.2 Å². The van der Waals surface area contributed by atoms with Crippen LogP contribution in [-0.4, -0.2) is 24.1 Å². The summed E-state index contributed by atoms with van der Waals surface area (Å²) in [6.45, 7) is 2.24. The number of rotatable bonds is 4. The second-order valence-electron chi connectivity index (χ2n) is 5.68. The summed E-state index contributed by atoms with van der Waals surface area (Å²) in [5.41, 5.74) is 1.83. The molecule has 2 aromatic carbocycles. The van der Waals surface area contributed by atoms with E-state index in [0.29, 0.717) is 17.5 Å². The number of nitrogens with zero attached hydrogens (tertiary/aromatic N) is 1. The highest BCUT2D eigenvalue weighted by atomic mass is 32.2. The quantitative estimate of drug-likeness (QED) is 0.633. The van der Waals surface area contributed by atoms with Crippen LogP contribution in [-0.2, 0) is 6.54 Å². The number of fused-ring (bicyclic) bond motifs is 1. The third-order valence-corrected chi connectivity index (χ3v) is 4.78. The summed E-state index contributed by atoms with van der Waals surface area (Å²) in [7, 11) is 1.72. The fourth-order valence-electron chi connectivity index (χ4n) is 2.66. The van der Waals surface area contributed by atoms with E-state index in [4.69, 9.17) is 4.42 Å². The van der Waals surface area contributed by atoms with Gasteiger partial charge in [-0.05, 0) is 36.9 Å². The number of hydrogen-bond acceptors (Lipinski definition) is 3. The zero-order chi connectivity index (χ0) is 17.3. The van der Waals surface area contributed by atoms with Crippen molar-refractivity contribution in [1.29, 1.82) is 0 Å². The largest absolute Gasteiger partial charge is 0.448 e. The molecule has 3 rings (SSSR count). The Hall–Kier alpha value is -2.27. The number of carbonyl (C=O) groups is 1. The summed E-state index contributed by atoms with van der Waals surface area (Å²) in [5, 5.41) is 0.635. The van der Waals surface area contributed by atoms with Crippen molar-refractivity contribution in [2.24, 2.45) is 0 Å². The Morgan fingerprint density at radius 1 is 1.21 bits per heavy atom. The number of amides is 1. The van der Waals surface area contributed by atoms with Crippen molar-refractivity contribution >= 4 is 28.6 Å². The minimum absolute atomic E-state index is 0.135. The first kappa shape index (κ1) is 16.6. The summed E-state index contributed by atoms with van der Waals surface area (Å²) in [6, 6.07) is 12.8. The van der Waals surface area contributed by atoms with Crippen molar-refractivity contribution in [1.82, 2.24) is 4.90 Å². The van der Waals surface area contributed by atoms with Gasteiger partial charge in [-0.1, -0.05) is 24.3 Å². The average molecular weight is 343 g/mol. The number of carbonyl (C=O) groups excluding carboxylic acids is 1. The lowest BCUT2D eigenvalue weighted by molar-refractivity contribution is 0.0754. The molecular formula is C19H18FNO2S. The van der Waals surface area contributed by atoms with E-state index >= 15 is 0 Å². The van der Waals surface area contributed by atoms with Crippen LogP contribution in [0, 0.1) is 12.7 Å². The third kappa shape index (κ3) is 3.04.